The Labute approximate surface area is 210 Å². The summed E-state index contributed by atoms with van der Waals surface area (Å²) in [4.78, 5) is 21.2. The van der Waals surface area contributed by atoms with Crippen LogP contribution in [0.2, 0.25) is 0 Å². The number of hydrogen-bond acceptors (Lipinski definition) is 5. The van der Waals surface area contributed by atoms with Crippen molar-refractivity contribution >= 4 is 33.2 Å². The number of thiophene rings is 1. The summed E-state index contributed by atoms with van der Waals surface area (Å²) in [6, 6.07) is 12.2. The van der Waals surface area contributed by atoms with Crippen LogP contribution >= 0.6 is 27.3 Å². The molecule has 33 heavy (non-hydrogen) atoms. The van der Waals surface area contributed by atoms with Crippen molar-refractivity contribution in [2.75, 3.05) is 39.3 Å². The van der Waals surface area contributed by atoms with Crippen molar-refractivity contribution in [3.05, 3.63) is 50.6 Å². The topological polar surface area (TPSA) is 36.0 Å². The van der Waals surface area contributed by atoms with Gasteiger partial charge in [-0.15, -0.1) is 11.3 Å². The summed E-state index contributed by atoms with van der Waals surface area (Å²) < 4.78 is 6.91. The van der Waals surface area contributed by atoms with Gasteiger partial charge in [0, 0.05) is 55.3 Å². The summed E-state index contributed by atoms with van der Waals surface area (Å²) in [5.74, 6) is 0.884. The van der Waals surface area contributed by atoms with E-state index in [1.807, 2.05) is 16.3 Å². The fourth-order valence-corrected chi connectivity index (χ4v) is 6.26. The number of rotatable bonds is 7. The number of nitrogens with zero attached hydrogens (tertiary/aromatic N) is 3. The van der Waals surface area contributed by atoms with E-state index in [1.54, 1.807) is 0 Å². The zero-order chi connectivity index (χ0) is 23.4. The first-order valence-electron chi connectivity index (χ1n) is 12.2. The number of halogens is 1. The molecule has 3 heterocycles. The van der Waals surface area contributed by atoms with Gasteiger partial charge >= 0.3 is 0 Å². The Morgan fingerprint density at radius 1 is 1.15 bits per heavy atom. The highest BCUT2D eigenvalue weighted by atomic mass is 79.9. The quantitative estimate of drug-likeness (QED) is 0.459. The van der Waals surface area contributed by atoms with Gasteiger partial charge in [0.15, 0.2) is 0 Å². The van der Waals surface area contributed by atoms with Crippen LogP contribution in [0.3, 0.4) is 0 Å². The third-order valence-corrected chi connectivity index (χ3v) is 8.53. The van der Waals surface area contributed by atoms with E-state index in [0.29, 0.717) is 24.7 Å². The van der Waals surface area contributed by atoms with Gasteiger partial charge in [0.25, 0.3) is 5.91 Å². The zero-order valence-corrected chi connectivity index (χ0v) is 22.4. The molecule has 1 amide bonds. The third-order valence-electron chi connectivity index (χ3n) is 7.11. The molecule has 0 N–H and O–H groups in total. The fourth-order valence-electron chi connectivity index (χ4n) is 5.20. The van der Waals surface area contributed by atoms with E-state index >= 15 is 0 Å². The second-order valence-electron chi connectivity index (χ2n) is 9.30. The maximum atomic E-state index is 13.1. The maximum Gasteiger partial charge on any atom is 0.267 e. The van der Waals surface area contributed by atoms with Gasteiger partial charge in [-0.3, -0.25) is 14.6 Å². The van der Waals surface area contributed by atoms with Crippen molar-refractivity contribution in [3.63, 3.8) is 0 Å². The molecule has 0 unspecified atom stereocenters. The molecule has 2 fully saturated rings. The van der Waals surface area contributed by atoms with E-state index in [-0.39, 0.29) is 5.91 Å². The lowest BCUT2D eigenvalue weighted by molar-refractivity contribution is 0.0135. The normalized spacial score (nSPS) is 21.8. The molecule has 180 valence electrons. The van der Waals surface area contributed by atoms with Gasteiger partial charge < -0.3 is 9.64 Å². The first kappa shape index (κ1) is 24.7. The molecule has 0 aliphatic carbocycles. The van der Waals surface area contributed by atoms with E-state index < -0.39 is 0 Å². The van der Waals surface area contributed by atoms with Gasteiger partial charge in [-0.2, -0.15) is 0 Å². The Morgan fingerprint density at radius 3 is 2.55 bits per heavy atom. The highest BCUT2D eigenvalue weighted by Gasteiger charge is 2.34. The first-order chi connectivity index (χ1) is 16.0. The lowest BCUT2D eigenvalue weighted by Gasteiger charge is -2.47. The maximum absolute atomic E-state index is 13.1. The molecule has 2 saturated heterocycles. The number of amides is 1. The molecule has 0 radical (unpaired) electrons. The largest absolute Gasteiger partial charge is 0.492 e. The van der Waals surface area contributed by atoms with Crippen LogP contribution in [-0.4, -0.2) is 72.0 Å². The number of hydrogen-bond donors (Lipinski definition) is 0. The molecular weight excluding hydrogens is 498 g/mol. The van der Waals surface area contributed by atoms with Crippen LogP contribution in [0, 0.1) is 0 Å². The molecule has 5 nitrogen and oxygen atoms in total. The molecule has 7 heteroatoms. The van der Waals surface area contributed by atoms with Crippen molar-refractivity contribution in [1.82, 2.24) is 14.7 Å². The van der Waals surface area contributed by atoms with Crippen molar-refractivity contribution in [2.45, 2.75) is 58.2 Å². The minimum Gasteiger partial charge on any atom is -0.492 e. The Morgan fingerprint density at radius 2 is 1.88 bits per heavy atom. The second kappa shape index (κ2) is 11.3. The van der Waals surface area contributed by atoms with E-state index in [0.717, 1.165) is 67.1 Å². The van der Waals surface area contributed by atoms with Crippen molar-refractivity contribution < 1.29 is 9.53 Å². The van der Waals surface area contributed by atoms with Crippen molar-refractivity contribution in [3.8, 4) is 5.75 Å². The molecule has 1 aromatic heterocycles. The second-order valence-corrected chi connectivity index (χ2v) is 11.1. The summed E-state index contributed by atoms with van der Waals surface area (Å²) in [6.07, 6.45) is 3.05. The number of piperidine rings is 1. The highest BCUT2D eigenvalue weighted by molar-refractivity contribution is 9.10. The average molecular weight is 535 g/mol. The molecule has 0 saturated carbocycles. The number of likely N-dealkylation sites (tertiary alicyclic amines) is 1. The lowest BCUT2D eigenvalue weighted by Crippen LogP contribution is -2.57. The van der Waals surface area contributed by atoms with Crippen LogP contribution in [0.5, 0.6) is 5.75 Å². The Kier molecular flexibility index (Phi) is 8.49. The van der Waals surface area contributed by atoms with Crippen LogP contribution in [0.15, 0.2) is 40.2 Å². The number of carbonyl (C=O) groups is 1. The summed E-state index contributed by atoms with van der Waals surface area (Å²) in [6.45, 7) is 12.4. The Bertz CT molecular complexity index is 911. The third kappa shape index (κ3) is 5.81. The van der Waals surface area contributed by atoms with Crippen LogP contribution < -0.4 is 4.74 Å². The summed E-state index contributed by atoms with van der Waals surface area (Å²) in [7, 11) is 0. The minimum absolute atomic E-state index is 0.135. The van der Waals surface area contributed by atoms with Crippen molar-refractivity contribution in [2.24, 2.45) is 0 Å². The van der Waals surface area contributed by atoms with Gasteiger partial charge in [0.2, 0.25) is 0 Å². The van der Waals surface area contributed by atoms with Crippen LogP contribution in [-0.2, 0) is 0 Å². The predicted octanol–water partition coefficient (Wildman–Crippen LogP) is 5.67. The summed E-state index contributed by atoms with van der Waals surface area (Å²) >= 11 is 5.04. The number of ether oxygens (including phenoxy) is 1. The SMILES string of the molecule is CCCOc1ccsc1C(=O)N1CCC(N2CCN([C@@H](C)c3ccc(Br)cc3)[C@H](C)C2)CC1. The minimum atomic E-state index is 0.135. The zero-order valence-electron chi connectivity index (χ0n) is 20.0. The molecule has 2 aliphatic rings. The predicted molar refractivity (Wildman–Crippen MR) is 139 cm³/mol. The molecule has 2 atom stereocenters. The standard InChI is InChI=1S/C26H36BrN3O2S/c1-4-16-32-24-11-17-33-25(24)26(31)28-12-9-23(10-13-28)29-14-15-30(19(2)18-29)20(3)21-5-7-22(27)8-6-21/h5-8,11,17,19-20,23H,4,9-10,12-16,18H2,1-3H3/t19-,20+/m1/s1. The fraction of sp³-hybridized carbons (Fsp3) is 0.577. The monoisotopic (exact) mass is 533 g/mol. The Balaban J connectivity index is 1.29. The van der Waals surface area contributed by atoms with Crippen LogP contribution in [0.4, 0.5) is 0 Å². The summed E-state index contributed by atoms with van der Waals surface area (Å²) in [5, 5.41) is 1.96. The number of carbonyl (C=O) groups excluding carboxylic acids is 1. The highest BCUT2D eigenvalue weighted by Crippen LogP contribution is 2.30. The lowest BCUT2D eigenvalue weighted by atomic mass is 9.99. The molecule has 4 rings (SSSR count). The number of piperazine rings is 1. The van der Waals surface area contributed by atoms with Gasteiger partial charge in [0.05, 0.1) is 6.61 Å². The Hall–Kier alpha value is -1.41. The van der Waals surface area contributed by atoms with Gasteiger partial charge in [-0.05, 0) is 62.3 Å². The van der Waals surface area contributed by atoms with Gasteiger partial charge in [-0.25, -0.2) is 0 Å². The average Bonchev–Trinajstić information content (AvgIpc) is 3.31. The van der Waals surface area contributed by atoms with Crippen LogP contribution in [0.1, 0.15) is 61.3 Å². The van der Waals surface area contributed by atoms with Crippen LogP contribution in [0.25, 0.3) is 0 Å². The van der Waals surface area contributed by atoms with E-state index in [4.69, 9.17) is 4.74 Å². The summed E-state index contributed by atoms with van der Waals surface area (Å²) in [5.41, 5.74) is 1.38. The van der Waals surface area contributed by atoms with Gasteiger partial charge in [0.1, 0.15) is 10.6 Å². The molecular formula is C26H36BrN3O2S. The first-order valence-corrected chi connectivity index (χ1v) is 13.9. The van der Waals surface area contributed by atoms with E-state index in [1.165, 1.54) is 16.9 Å². The molecule has 0 spiro atoms. The smallest absolute Gasteiger partial charge is 0.267 e. The molecule has 0 bridgehead atoms. The molecule has 2 aliphatic heterocycles. The number of benzene rings is 1. The van der Waals surface area contributed by atoms with Gasteiger partial charge in [-0.1, -0.05) is 35.0 Å². The molecule has 1 aromatic carbocycles. The molecule has 2 aromatic rings. The van der Waals surface area contributed by atoms with E-state index in [2.05, 4.69) is 70.8 Å². The van der Waals surface area contributed by atoms with E-state index in [9.17, 15) is 4.79 Å². The van der Waals surface area contributed by atoms with Crippen molar-refractivity contribution in [1.29, 1.82) is 0 Å².